The van der Waals surface area contributed by atoms with Crippen molar-refractivity contribution in [3.05, 3.63) is 24.3 Å². The SMILES string of the molecule is CCCCN1C(=O)CC[C@H]2CN(C(=O)CCc3cnccn3)CC[C@H]21. The molecule has 3 heterocycles. The molecule has 2 aliphatic rings. The van der Waals surface area contributed by atoms with Gasteiger partial charge >= 0.3 is 0 Å². The van der Waals surface area contributed by atoms with Gasteiger partial charge in [-0.1, -0.05) is 13.3 Å². The molecule has 0 bridgehead atoms. The number of amides is 2. The van der Waals surface area contributed by atoms with Gasteiger partial charge in [-0.3, -0.25) is 19.6 Å². The highest BCUT2D eigenvalue weighted by Crippen LogP contribution is 2.31. The first kappa shape index (κ1) is 17.8. The van der Waals surface area contributed by atoms with Crippen molar-refractivity contribution in [3.8, 4) is 0 Å². The Morgan fingerprint density at radius 1 is 1.32 bits per heavy atom. The van der Waals surface area contributed by atoms with E-state index in [9.17, 15) is 9.59 Å². The first-order valence-electron chi connectivity index (χ1n) is 9.51. The van der Waals surface area contributed by atoms with Crippen LogP contribution in [0.3, 0.4) is 0 Å². The van der Waals surface area contributed by atoms with Gasteiger partial charge in [-0.25, -0.2) is 0 Å². The molecule has 6 heteroatoms. The minimum Gasteiger partial charge on any atom is -0.342 e. The third kappa shape index (κ3) is 4.35. The van der Waals surface area contributed by atoms with Crippen molar-refractivity contribution in [2.45, 2.75) is 57.9 Å². The molecule has 0 aromatic carbocycles. The Labute approximate surface area is 149 Å². The quantitative estimate of drug-likeness (QED) is 0.792. The van der Waals surface area contributed by atoms with Crippen molar-refractivity contribution in [1.29, 1.82) is 0 Å². The number of piperidine rings is 2. The van der Waals surface area contributed by atoms with Gasteiger partial charge in [-0.15, -0.1) is 0 Å². The van der Waals surface area contributed by atoms with E-state index in [0.29, 0.717) is 37.1 Å². The van der Waals surface area contributed by atoms with Crippen LogP contribution in [0.2, 0.25) is 0 Å². The number of aryl methyl sites for hydroxylation is 1. The van der Waals surface area contributed by atoms with Crippen LogP contribution in [0.15, 0.2) is 18.6 Å². The van der Waals surface area contributed by atoms with E-state index in [2.05, 4.69) is 21.8 Å². The second-order valence-electron chi connectivity index (χ2n) is 7.13. The van der Waals surface area contributed by atoms with Crippen molar-refractivity contribution < 1.29 is 9.59 Å². The zero-order chi connectivity index (χ0) is 17.6. The number of carbonyl (C=O) groups is 2. The zero-order valence-electron chi connectivity index (χ0n) is 15.1. The Morgan fingerprint density at radius 3 is 2.96 bits per heavy atom. The van der Waals surface area contributed by atoms with Gasteiger partial charge in [0.2, 0.25) is 11.8 Å². The highest BCUT2D eigenvalue weighted by atomic mass is 16.2. The molecule has 0 N–H and O–H groups in total. The van der Waals surface area contributed by atoms with Crippen LogP contribution in [0.1, 0.15) is 51.1 Å². The van der Waals surface area contributed by atoms with Crippen LogP contribution in [0, 0.1) is 5.92 Å². The van der Waals surface area contributed by atoms with Crippen molar-refractivity contribution in [2.75, 3.05) is 19.6 Å². The summed E-state index contributed by atoms with van der Waals surface area (Å²) in [5.41, 5.74) is 0.861. The van der Waals surface area contributed by atoms with Crippen LogP contribution in [0.5, 0.6) is 0 Å². The lowest BCUT2D eigenvalue weighted by Crippen LogP contribution is -2.57. The number of nitrogens with zero attached hydrogens (tertiary/aromatic N) is 4. The Balaban J connectivity index is 1.53. The summed E-state index contributed by atoms with van der Waals surface area (Å²) < 4.78 is 0. The predicted octanol–water partition coefficient (Wildman–Crippen LogP) is 2.05. The summed E-state index contributed by atoms with van der Waals surface area (Å²) >= 11 is 0. The number of hydrogen-bond donors (Lipinski definition) is 0. The van der Waals surface area contributed by atoms with E-state index in [0.717, 1.165) is 51.0 Å². The summed E-state index contributed by atoms with van der Waals surface area (Å²) in [4.78, 5) is 37.2. The molecule has 0 unspecified atom stereocenters. The molecule has 25 heavy (non-hydrogen) atoms. The van der Waals surface area contributed by atoms with Crippen molar-refractivity contribution in [2.24, 2.45) is 5.92 Å². The molecule has 0 radical (unpaired) electrons. The lowest BCUT2D eigenvalue weighted by molar-refractivity contribution is -0.144. The third-order valence-electron chi connectivity index (χ3n) is 5.46. The molecule has 2 fully saturated rings. The summed E-state index contributed by atoms with van der Waals surface area (Å²) in [6, 6.07) is 0.330. The Bertz CT molecular complexity index is 592. The van der Waals surface area contributed by atoms with Gasteiger partial charge in [0.25, 0.3) is 0 Å². The zero-order valence-corrected chi connectivity index (χ0v) is 15.1. The summed E-state index contributed by atoms with van der Waals surface area (Å²) in [6.07, 6.45) is 10.8. The maximum absolute atomic E-state index is 12.6. The molecule has 1 aromatic rings. The van der Waals surface area contributed by atoms with Crippen LogP contribution in [-0.2, 0) is 16.0 Å². The fourth-order valence-electron chi connectivity index (χ4n) is 4.05. The molecule has 2 saturated heterocycles. The first-order valence-corrected chi connectivity index (χ1v) is 9.51. The van der Waals surface area contributed by atoms with Crippen LogP contribution < -0.4 is 0 Å². The topological polar surface area (TPSA) is 66.4 Å². The fourth-order valence-corrected chi connectivity index (χ4v) is 4.05. The molecule has 6 nitrogen and oxygen atoms in total. The Morgan fingerprint density at radius 2 is 2.20 bits per heavy atom. The highest BCUT2D eigenvalue weighted by molar-refractivity contribution is 5.78. The molecular weight excluding hydrogens is 316 g/mol. The van der Waals surface area contributed by atoms with E-state index in [1.165, 1.54) is 0 Å². The van der Waals surface area contributed by atoms with Gasteiger partial charge in [0.15, 0.2) is 0 Å². The van der Waals surface area contributed by atoms with Crippen LogP contribution >= 0.6 is 0 Å². The summed E-state index contributed by atoms with van der Waals surface area (Å²) in [5.74, 6) is 0.932. The second kappa shape index (κ2) is 8.41. The summed E-state index contributed by atoms with van der Waals surface area (Å²) in [6.45, 7) is 4.58. The number of carbonyl (C=O) groups excluding carboxylic acids is 2. The largest absolute Gasteiger partial charge is 0.342 e. The van der Waals surface area contributed by atoms with E-state index < -0.39 is 0 Å². The molecule has 136 valence electrons. The fraction of sp³-hybridized carbons (Fsp3) is 0.684. The smallest absolute Gasteiger partial charge is 0.222 e. The monoisotopic (exact) mass is 344 g/mol. The number of aromatic nitrogens is 2. The van der Waals surface area contributed by atoms with Crippen molar-refractivity contribution in [3.63, 3.8) is 0 Å². The van der Waals surface area contributed by atoms with Gasteiger partial charge in [-0.05, 0) is 31.6 Å². The minimum atomic E-state index is 0.195. The number of unbranched alkanes of at least 4 members (excludes halogenated alkanes) is 1. The Kier molecular flexibility index (Phi) is 6.00. The molecular formula is C19H28N4O2. The third-order valence-corrected chi connectivity index (χ3v) is 5.46. The van der Waals surface area contributed by atoms with E-state index >= 15 is 0 Å². The number of fused-ring (bicyclic) bond motifs is 1. The predicted molar refractivity (Wildman–Crippen MR) is 94.7 cm³/mol. The molecule has 0 aliphatic carbocycles. The second-order valence-corrected chi connectivity index (χ2v) is 7.13. The molecule has 0 spiro atoms. The van der Waals surface area contributed by atoms with Gasteiger partial charge < -0.3 is 9.80 Å². The molecule has 0 saturated carbocycles. The van der Waals surface area contributed by atoms with E-state index in [1.54, 1.807) is 18.6 Å². The minimum absolute atomic E-state index is 0.195. The molecule has 2 atom stereocenters. The molecule has 2 amide bonds. The molecule has 3 rings (SSSR count). The van der Waals surface area contributed by atoms with E-state index in [4.69, 9.17) is 0 Å². The maximum Gasteiger partial charge on any atom is 0.222 e. The summed E-state index contributed by atoms with van der Waals surface area (Å²) in [7, 11) is 0. The van der Waals surface area contributed by atoms with Gasteiger partial charge in [0, 0.05) is 57.1 Å². The number of likely N-dealkylation sites (tertiary alicyclic amines) is 2. The van der Waals surface area contributed by atoms with E-state index in [-0.39, 0.29) is 5.91 Å². The summed E-state index contributed by atoms with van der Waals surface area (Å²) in [5, 5.41) is 0. The first-order chi connectivity index (χ1) is 12.2. The highest BCUT2D eigenvalue weighted by Gasteiger charge is 2.39. The lowest BCUT2D eigenvalue weighted by Gasteiger charge is -2.47. The number of rotatable bonds is 6. The van der Waals surface area contributed by atoms with Crippen molar-refractivity contribution >= 4 is 11.8 Å². The maximum atomic E-state index is 12.6. The Hall–Kier alpha value is -1.98. The number of hydrogen-bond acceptors (Lipinski definition) is 4. The van der Waals surface area contributed by atoms with Crippen LogP contribution in [0.4, 0.5) is 0 Å². The van der Waals surface area contributed by atoms with Gasteiger partial charge in [0.05, 0.1) is 5.69 Å². The average Bonchev–Trinajstić information content (AvgIpc) is 2.66. The van der Waals surface area contributed by atoms with E-state index in [1.807, 2.05) is 4.90 Å². The van der Waals surface area contributed by atoms with Crippen molar-refractivity contribution in [1.82, 2.24) is 19.8 Å². The molecule has 1 aromatic heterocycles. The standard InChI is InChI=1S/C19H28N4O2/c1-2-3-11-23-17-8-12-22(14-15(17)4-6-19(23)25)18(24)7-5-16-13-20-9-10-21-16/h9-10,13,15,17H,2-8,11-12,14H2,1H3/t15-,17+/m0/s1. The van der Waals surface area contributed by atoms with Crippen LogP contribution in [0.25, 0.3) is 0 Å². The molecule has 2 aliphatic heterocycles. The lowest BCUT2D eigenvalue weighted by atomic mass is 9.83. The van der Waals surface area contributed by atoms with Gasteiger partial charge in [0.1, 0.15) is 0 Å². The average molecular weight is 344 g/mol. The normalized spacial score (nSPS) is 23.5. The van der Waals surface area contributed by atoms with Crippen LogP contribution in [-0.4, -0.2) is 57.3 Å². The van der Waals surface area contributed by atoms with Gasteiger partial charge in [-0.2, -0.15) is 0 Å².